The minimum atomic E-state index is 0.438. The largest absolute Gasteiger partial charge is 0.371 e. The Morgan fingerprint density at radius 3 is 2.75 bits per heavy atom. The molecule has 0 saturated carbocycles. The molecule has 0 radical (unpaired) electrons. The molecule has 0 aliphatic carbocycles. The highest BCUT2D eigenvalue weighted by molar-refractivity contribution is 7.98. The van der Waals surface area contributed by atoms with Crippen LogP contribution in [0.3, 0.4) is 0 Å². The van der Waals surface area contributed by atoms with Crippen LogP contribution in [0.4, 0.5) is 5.69 Å². The lowest BCUT2D eigenvalue weighted by molar-refractivity contribution is 0.112. The molecule has 88 valence electrons. The number of hydrogen-bond acceptors (Lipinski definition) is 3. The number of nitrogens with zero attached hydrogens (tertiary/aromatic N) is 1. The van der Waals surface area contributed by atoms with Gasteiger partial charge in [0.15, 0.2) is 6.29 Å². The fraction of sp³-hybridized carbons (Fsp3) is 0.417. The van der Waals surface area contributed by atoms with Gasteiger partial charge in [0.05, 0.1) is 5.02 Å². The van der Waals surface area contributed by atoms with E-state index in [0.29, 0.717) is 16.6 Å². The van der Waals surface area contributed by atoms with Gasteiger partial charge in [0.2, 0.25) is 0 Å². The lowest BCUT2D eigenvalue weighted by Crippen LogP contribution is -2.30. The van der Waals surface area contributed by atoms with Crippen LogP contribution in [-0.2, 0) is 0 Å². The maximum absolute atomic E-state index is 10.6. The SMILES string of the molecule is CSCC(C)N(C)c1ccc(C=O)c(Cl)c1. The van der Waals surface area contributed by atoms with Crippen molar-refractivity contribution in [2.24, 2.45) is 0 Å². The zero-order valence-corrected chi connectivity index (χ0v) is 11.3. The summed E-state index contributed by atoms with van der Waals surface area (Å²) in [6.45, 7) is 2.16. The zero-order chi connectivity index (χ0) is 12.1. The number of aldehydes is 1. The molecule has 4 heteroatoms. The van der Waals surface area contributed by atoms with Crippen LogP contribution in [0.2, 0.25) is 5.02 Å². The molecule has 0 amide bonds. The quantitative estimate of drug-likeness (QED) is 0.755. The number of rotatable bonds is 5. The first-order chi connectivity index (χ1) is 7.60. The van der Waals surface area contributed by atoms with Crippen molar-refractivity contribution in [2.45, 2.75) is 13.0 Å². The molecule has 0 fully saturated rings. The second-order valence-corrected chi connectivity index (χ2v) is 5.06. The first kappa shape index (κ1) is 13.4. The second-order valence-electron chi connectivity index (χ2n) is 3.74. The van der Waals surface area contributed by atoms with Crippen molar-refractivity contribution >= 4 is 35.3 Å². The Labute approximate surface area is 106 Å². The highest BCUT2D eigenvalue weighted by atomic mass is 35.5. The maximum Gasteiger partial charge on any atom is 0.151 e. The van der Waals surface area contributed by atoms with E-state index in [9.17, 15) is 4.79 Å². The van der Waals surface area contributed by atoms with Gasteiger partial charge in [-0.1, -0.05) is 11.6 Å². The molecule has 1 aromatic carbocycles. The van der Waals surface area contributed by atoms with Crippen LogP contribution in [0.5, 0.6) is 0 Å². The van der Waals surface area contributed by atoms with Crippen LogP contribution in [-0.4, -0.2) is 31.4 Å². The molecule has 0 N–H and O–H groups in total. The van der Waals surface area contributed by atoms with Crippen molar-refractivity contribution < 1.29 is 4.79 Å². The summed E-state index contributed by atoms with van der Waals surface area (Å²) in [4.78, 5) is 12.8. The van der Waals surface area contributed by atoms with Crippen LogP contribution in [0, 0.1) is 0 Å². The predicted octanol–water partition coefficient (Wildman–Crippen LogP) is 3.34. The number of halogens is 1. The third-order valence-corrected chi connectivity index (χ3v) is 3.73. The lowest BCUT2D eigenvalue weighted by atomic mass is 10.2. The molecular formula is C12H16ClNOS. The van der Waals surface area contributed by atoms with Crippen molar-refractivity contribution in [3.05, 3.63) is 28.8 Å². The van der Waals surface area contributed by atoms with Gasteiger partial charge in [-0.3, -0.25) is 4.79 Å². The first-order valence-electron chi connectivity index (χ1n) is 5.06. The maximum atomic E-state index is 10.6. The fourth-order valence-corrected chi connectivity index (χ4v) is 2.36. The molecule has 0 bridgehead atoms. The van der Waals surface area contributed by atoms with E-state index in [1.54, 1.807) is 6.07 Å². The van der Waals surface area contributed by atoms with Crippen LogP contribution < -0.4 is 4.90 Å². The van der Waals surface area contributed by atoms with Gasteiger partial charge >= 0.3 is 0 Å². The smallest absolute Gasteiger partial charge is 0.151 e. The minimum absolute atomic E-state index is 0.438. The number of benzene rings is 1. The Morgan fingerprint density at radius 1 is 1.56 bits per heavy atom. The van der Waals surface area contributed by atoms with E-state index >= 15 is 0 Å². The summed E-state index contributed by atoms with van der Waals surface area (Å²) in [5.41, 5.74) is 1.58. The number of hydrogen-bond donors (Lipinski definition) is 0. The minimum Gasteiger partial charge on any atom is -0.371 e. The van der Waals surface area contributed by atoms with Gasteiger partial charge < -0.3 is 4.90 Å². The number of thioether (sulfide) groups is 1. The van der Waals surface area contributed by atoms with E-state index < -0.39 is 0 Å². The molecule has 1 rings (SSSR count). The second kappa shape index (κ2) is 6.16. The van der Waals surface area contributed by atoms with Gasteiger partial charge in [-0.15, -0.1) is 0 Å². The standard InChI is InChI=1S/C12H16ClNOS/c1-9(8-16-3)14(2)11-5-4-10(7-15)12(13)6-11/h4-7,9H,8H2,1-3H3. The topological polar surface area (TPSA) is 20.3 Å². The van der Waals surface area contributed by atoms with Gasteiger partial charge in [0, 0.05) is 30.1 Å². The van der Waals surface area contributed by atoms with E-state index in [1.807, 2.05) is 30.9 Å². The number of carbonyl (C=O) groups is 1. The molecule has 2 nitrogen and oxygen atoms in total. The Morgan fingerprint density at radius 2 is 2.25 bits per heavy atom. The molecule has 16 heavy (non-hydrogen) atoms. The normalized spacial score (nSPS) is 12.2. The van der Waals surface area contributed by atoms with Crippen LogP contribution >= 0.6 is 23.4 Å². The summed E-state index contributed by atoms with van der Waals surface area (Å²) in [6.07, 6.45) is 2.87. The summed E-state index contributed by atoms with van der Waals surface area (Å²) in [6, 6.07) is 5.95. The van der Waals surface area contributed by atoms with Crippen molar-refractivity contribution in [2.75, 3.05) is 24.0 Å². The highest BCUT2D eigenvalue weighted by Gasteiger charge is 2.10. The van der Waals surface area contributed by atoms with Gasteiger partial charge in [0.1, 0.15) is 0 Å². The molecule has 0 aromatic heterocycles. The molecule has 1 unspecified atom stereocenters. The van der Waals surface area contributed by atoms with Gasteiger partial charge in [-0.25, -0.2) is 0 Å². The van der Waals surface area contributed by atoms with Gasteiger partial charge in [-0.2, -0.15) is 11.8 Å². The van der Waals surface area contributed by atoms with Gasteiger partial charge in [0.25, 0.3) is 0 Å². The molecule has 1 aromatic rings. The zero-order valence-electron chi connectivity index (χ0n) is 9.74. The van der Waals surface area contributed by atoms with Crippen molar-refractivity contribution in [3.8, 4) is 0 Å². The number of carbonyl (C=O) groups excluding carboxylic acids is 1. The number of anilines is 1. The van der Waals surface area contributed by atoms with E-state index in [0.717, 1.165) is 17.7 Å². The Bertz CT molecular complexity index is 370. The Balaban J connectivity index is 2.88. The lowest BCUT2D eigenvalue weighted by Gasteiger charge is -2.26. The average Bonchev–Trinajstić information content (AvgIpc) is 2.28. The fourth-order valence-electron chi connectivity index (χ4n) is 1.44. The Kier molecular flexibility index (Phi) is 5.16. The molecule has 0 aliphatic rings. The molecule has 0 spiro atoms. The van der Waals surface area contributed by atoms with Crippen LogP contribution in [0.25, 0.3) is 0 Å². The predicted molar refractivity (Wildman–Crippen MR) is 73.1 cm³/mol. The Hall–Kier alpha value is -0.670. The van der Waals surface area contributed by atoms with Crippen LogP contribution in [0.15, 0.2) is 18.2 Å². The van der Waals surface area contributed by atoms with E-state index in [4.69, 9.17) is 11.6 Å². The summed E-state index contributed by atoms with van der Waals surface area (Å²) < 4.78 is 0. The molecule has 0 heterocycles. The highest BCUT2D eigenvalue weighted by Crippen LogP contribution is 2.23. The average molecular weight is 258 g/mol. The summed E-state index contributed by atoms with van der Waals surface area (Å²) >= 11 is 7.81. The molecule has 0 aliphatic heterocycles. The summed E-state index contributed by atoms with van der Waals surface area (Å²) in [7, 11) is 2.03. The van der Waals surface area contributed by atoms with Crippen LogP contribution in [0.1, 0.15) is 17.3 Å². The molecule has 1 atom stereocenters. The first-order valence-corrected chi connectivity index (χ1v) is 6.83. The third kappa shape index (κ3) is 3.16. The third-order valence-electron chi connectivity index (χ3n) is 2.59. The molecular weight excluding hydrogens is 242 g/mol. The van der Waals surface area contributed by atoms with E-state index in [2.05, 4.69) is 18.1 Å². The van der Waals surface area contributed by atoms with E-state index in [1.165, 1.54) is 0 Å². The summed E-state index contributed by atoms with van der Waals surface area (Å²) in [5, 5.41) is 0.510. The monoisotopic (exact) mass is 257 g/mol. The van der Waals surface area contributed by atoms with E-state index in [-0.39, 0.29) is 0 Å². The van der Waals surface area contributed by atoms with Crippen molar-refractivity contribution in [3.63, 3.8) is 0 Å². The summed E-state index contributed by atoms with van der Waals surface area (Å²) in [5.74, 6) is 1.06. The van der Waals surface area contributed by atoms with Gasteiger partial charge in [-0.05, 0) is 31.4 Å². The van der Waals surface area contributed by atoms with Crippen molar-refractivity contribution in [1.82, 2.24) is 0 Å². The molecule has 0 saturated heterocycles. The van der Waals surface area contributed by atoms with Crippen molar-refractivity contribution in [1.29, 1.82) is 0 Å².